The first-order valence-corrected chi connectivity index (χ1v) is 8.37. The van der Waals surface area contributed by atoms with Crippen LogP contribution >= 0.6 is 0 Å². The van der Waals surface area contributed by atoms with E-state index in [9.17, 15) is 14.7 Å². The summed E-state index contributed by atoms with van der Waals surface area (Å²) in [7, 11) is 0. The minimum absolute atomic E-state index is 0.00601. The second-order valence-electron chi connectivity index (χ2n) is 5.83. The fourth-order valence-corrected chi connectivity index (χ4v) is 2.81. The van der Waals surface area contributed by atoms with Crippen molar-refractivity contribution in [3.8, 4) is 5.75 Å². The number of hydrogen-bond acceptors (Lipinski definition) is 4. The molecule has 6 nitrogen and oxygen atoms in total. The number of fused-ring (bicyclic) bond motifs is 1. The lowest BCUT2D eigenvalue weighted by atomic mass is 10.0. The Kier molecular flexibility index (Phi) is 5.98. The average Bonchev–Trinajstić information content (AvgIpc) is 2.53. The summed E-state index contributed by atoms with van der Waals surface area (Å²) >= 11 is 0. The van der Waals surface area contributed by atoms with E-state index < -0.39 is 5.63 Å². The molecule has 0 fully saturated rings. The normalized spacial score (nSPS) is 12.3. The molecular formula is C18H25N2O4+. The predicted molar refractivity (Wildman–Crippen MR) is 92.3 cm³/mol. The van der Waals surface area contributed by atoms with Gasteiger partial charge in [0.2, 0.25) is 0 Å². The summed E-state index contributed by atoms with van der Waals surface area (Å²) in [5, 5.41) is 13.6. The minimum Gasteiger partial charge on any atom is -0.508 e. The van der Waals surface area contributed by atoms with Crippen molar-refractivity contribution >= 4 is 16.9 Å². The molecule has 1 heterocycles. The highest BCUT2D eigenvalue weighted by atomic mass is 16.4. The van der Waals surface area contributed by atoms with Crippen LogP contribution in [0.1, 0.15) is 31.9 Å². The molecule has 0 spiro atoms. The second kappa shape index (κ2) is 7.97. The smallest absolute Gasteiger partial charge is 0.336 e. The Hall–Kier alpha value is -2.34. The van der Waals surface area contributed by atoms with Crippen LogP contribution in [0.5, 0.6) is 5.75 Å². The molecule has 1 aromatic carbocycles. The highest BCUT2D eigenvalue weighted by molar-refractivity contribution is 5.82. The number of quaternary nitrogens is 1. The first-order valence-electron chi connectivity index (χ1n) is 8.37. The minimum atomic E-state index is -0.449. The summed E-state index contributed by atoms with van der Waals surface area (Å²) < 4.78 is 5.21. The summed E-state index contributed by atoms with van der Waals surface area (Å²) in [6, 6.07) is 4.84. The number of phenols is 1. The van der Waals surface area contributed by atoms with Gasteiger partial charge in [0.15, 0.2) is 6.54 Å². The molecule has 0 aliphatic carbocycles. The van der Waals surface area contributed by atoms with E-state index in [1.54, 1.807) is 0 Å². The Labute approximate surface area is 141 Å². The Morgan fingerprint density at radius 2 is 1.96 bits per heavy atom. The molecule has 0 aliphatic heterocycles. The number of aryl methyl sites for hydroxylation is 1. The molecule has 1 atom stereocenters. The molecule has 0 bridgehead atoms. The van der Waals surface area contributed by atoms with E-state index in [0.29, 0.717) is 31.6 Å². The number of likely N-dealkylation sites (N-methyl/N-ethyl adjacent to an activating group) is 2. The highest BCUT2D eigenvalue weighted by Gasteiger charge is 2.17. The topological polar surface area (TPSA) is 84.0 Å². The first kappa shape index (κ1) is 18.0. The van der Waals surface area contributed by atoms with Crippen LogP contribution in [-0.4, -0.2) is 30.6 Å². The van der Waals surface area contributed by atoms with Gasteiger partial charge in [0, 0.05) is 29.6 Å². The van der Waals surface area contributed by atoms with Crippen molar-refractivity contribution in [2.45, 2.75) is 33.7 Å². The van der Waals surface area contributed by atoms with E-state index in [2.05, 4.69) is 5.32 Å². The zero-order chi connectivity index (χ0) is 17.7. The molecule has 1 unspecified atom stereocenters. The van der Waals surface area contributed by atoms with Crippen molar-refractivity contribution < 1.29 is 19.2 Å². The molecule has 6 heteroatoms. The van der Waals surface area contributed by atoms with Gasteiger partial charge in [-0.1, -0.05) is 6.92 Å². The second-order valence-corrected chi connectivity index (χ2v) is 5.83. The Morgan fingerprint density at radius 3 is 2.58 bits per heavy atom. The monoisotopic (exact) mass is 333 g/mol. The molecule has 130 valence electrons. The molecule has 24 heavy (non-hydrogen) atoms. The van der Waals surface area contributed by atoms with Crippen molar-refractivity contribution in [3.63, 3.8) is 0 Å². The predicted octanol–water partition coefficient (Wildman–Crippen LogP) is 0.602. The van der Waals surface area contributed by atoms with Gasteiger partial charge < -0.3 is 19.7 Å². The van der Waals surface area contributed by atoms with Gasteiger partial charge in [0.05, 0.1) is 6.54 Å². The number of aromatic hydroxyl groups is 1. The molecule has 2 aromatic rings. The molecule has 3 N–H and O–H groups in total. The number of amides is 1. The van der Waals surface area contributed by atoms with Crippen molar-refractivity contribution in [1.82, 2.24) is 5.32 Å². The fourth-order valence-electron chi connectivity index (χ4n) is 2.81. The van der Waals surface area contributed by atoms with Gasteiger partial charge in [-0.25, -0.2) is 4.79 Å². The lowest BCUT2D eigenvalue weighted by molar-refractivity contribution is -0.904. The van der Waals surface area contributed by atoms with Crippen molar-refractivity contribution in [3.05, 3.63) is 39.7 Å². The van der Waals surface area contributed by atoms with Crippen LogP contribution in [-0.2, 0) is 17.8 Å². The summed E-state index contributed by atoms with van der Waals surface area (Å²) in [5.41, 5.74) is 1.56. The molecule has 0 saturated heterocycles. The van der Waals surface area contributed by atoms with Gasteiger partial charge in [0.1, 0.15) is 17.9 Å². The summed E-state index contributed by atoms with van der Waals surface area (Å²) in [4.78, 5) is 24.7. The number of carbonyl (C=O) groups is 1. The largest absolute Gasteiger partial charge is 0.508 e. The maximum Gasteiger partial charge on any atom is 0.336 e. The Morgan fingerprint density at radius 1 is 1.21 bits per heavy atom. The third-order valence-electron chi connectivity index (χ3n) is 4.14. The van der Waals surface area contributed by atoms with Crippen LogP contribution in [0.4, 0.5) is 0 Å². The summed E-state index contributed by atoms with van der Waals surface area (Å²) in [6.45, 7) is 8.11. The SMILES string of the molecule is CCNC(=O)C[NH+](CC)Cc1cc(=O)oc2cc(O)c(CC)cc12. The lowest BCUT2D eigenvalue weighted by Crippen LogP contribution is -3.11. The summed E-state index contributed by atoms with van der Waals surface area (Å²) in [6.07, 6.45) is 0.684. The van der Waals surface area contributed by atoms with Gasteiger partial charge in [-0.15, -0.1) is 0 Å². The molecule has 1 amide bonds. The van der Waals surface area contributed by atoms with E-state index in [-0.39, 0.29) is 11.7 Å². The molecular weight excluding hydrogens is 308 g/mol. The lowest BCUT2D eigenvalue weighted by Gasteiger charge is -2.18. The Balaban J connectivity index is 2.39. The maximum absolute atomic E-state index is 11.8. The highest BCUT2D eigenvalue weighted by Crippen LogP contribution is 2.26. The van der Waals surface area contributed by atoms with Gasteiger partial charge in [-0.2, -0.15) is 0 Å². The van der Waals surface area contributed by atoms with Crippen LogP contribution in [0.15, 0.2) is 27.4 Å². The first-order chi connectivity index (χ1) is 11.5. The number of hydrogen-bond donors (Lipinski definition) is 3. The number of rotatable bonds is 7. The van der Waals surface area contributed by atoms with Crippen molar-refractivity contribution in [2.75, 3.05) is 19.6 Å². The van der Waals surface area contributed by atoms with Gasteiger partial charge in [-0.05, 0) is 31.9 Å². The van der Waals surface area contributed by atoms with Crippen LogP contribution in [0.3, 0.4) is 0 Å². The molecule has 0 radical (unpaired) electrons. The van der Waals surface area contributed by atoms with E-state index in [1.165, 1.54) is 12.1 Å². The summed E-state index contributed by atoms with van der Waals surface area (Å²) in [5.74, 6) is 0.126. The standard InChI is InChI=1S/C18H24N2O4/c1-4-12-7-14-13(8-18(23)24-16(14)9-15(12)21)10-20(6-3)11-17(22)19-5-2/h7-9,21H,4-6,10-11H2,1-3H3,(H,19,22)/p+1. The maximum atomic E-state index is 11.8. The zero-order valence-electron chi connectivity index (χ0n) is 14.4. The molecule has 0 aliphatic rings. The third-order valence-corrected chi connectivity index (χ3v) is 4.14. The Bertz CT molecular complexity index is 782. The van der Waals surface area contributed by atoms with E-state index in [4.69, 9.17) is 4.42 Å². The molecule has 2 rings (SSSR count). The number of nitrogens with one attached hydrogen (secondary N) is 2. The van der Waals surface area contributed by atoms with Crippen molar-refractivity contribution in [2.24, 2.45) is 0 Å². The van der Waals surface area contributed by atoms with Crippen molar-refractivity contribution in [1.29, 1.82) is 0 Å². The fraction of sp³-hybridized carbons (Fsp3) is 0.444. The van der Waals surface area contributed by atoms with E-state index in [1.807, 2.05) is 26.8 Å². The number of phenolic OH excluding ortho intramolecular Hbond substituents is 1. The van der Waals surface area contributed by atoms with Gasteiger partial charge in [-0.3, -0.25) is 4.79 Å². The number of carbonyl (C=O) groups excluding carboxylic acids is 1. The van der Waals surface area contributed by atoms with Gasteiger partial charge in [0.25, 0.3) is 5.91 Å². The third kappa shape index (κ3) is 4.14. The molecule has 1 aromatic heterocycles. The zero-order valence-corrected chi connectivity index (χ0v) is 14.4. The van der Waals surface area contributed by atoms with E-state index >= 15 is 0 Å². The number of benzene rings is 1. The van der Waals surface area contributed by atoms with E-state index in [0.717, 1.165) is 28.0 Å². The van der Waals surface area contributed by atoms with Crippen LogP contribution < -0.4 is 15.8 Å². The van der Waals surface area contributed by atoms with Crippen LogP contribution in [0.2, 0.25) is 0 Å². The van der Waals surface area contributed by atoms with Crippen LogP contribution in [0, 0.1) is 0 Å². The quantitative estimate of drug-likeness (QED) is 0.648. The molecule has 0 saturated carbocycles. The average molecular weight is 333 g/mol. The van der Waals surface area contributed by atoms with Gasteiger partial charge >= 0.3 is 5.63 Å². The van der Waals surface area contributed by atoms with Crippen LogP contribution in [0.25, 0.3) is 11.0 Å².